The molecule has 3 nitrogen and oxygen atoms in total. The van der Waals surface area contributed by atoms with Crippen LogP contribution in [0.4, 0.5) is 0 Å². The third kappa shape index (κ3) is 4.49. The van der Waals surface area contributed by atoms with Gasteiger partial charge in [0.2, 0.25) is 0 Å². The van der Waals surface area contributed by atoms with E-state index >= 15 is 0 Å². The van der Waals surface area contributed by atoms with Crippen molar-refractivity contribution in [1.82, 2.24) is 0 Å². The number of hydrogen-bond donors (Lipinski definition) is 0. The summed E-state index contributed by atoms with van der Waals surface area (Å²) in [5.74, 6) is 0.559. The first-order valence-electron chi connectivity index (χ1n) is 4.04. The van der Waals surface area contributed by atoms with Gasteiger partial charge in [0.15, 0.2) is 0 Å². The molecule has 0 rings (SSSR count). The maximum absolute atomic E-state index is 11.2. The molecule has 0 bridgehead atoms. The average Bonchev–Trinajstić information content (AvgIpc) is 2.03. The molecule has 0 aromatic carbocycles. The normalized spacial score (nSPS) is 15.2. The number of rotatable bonds is 5. The molecule has 0 aromatic heterocycles. The van der Waals surface area contributed by atoms with Crippen molar-refractivity contribution < 1.29 is 13.7 Å². The monoisotopic (exact) mass is 192 g/mol. The molecule has 0 heterocycles. The van der Waals surface area contributed by atoms with E-state index in [0.717, 1.165) is 6.42 Å². The smallest absolute Gasteiger partial charge is 0.309 e. The van der Waals surface area contributed by atoms with Gasteiger partial charge in [0.1, 0.15) is 0 Å². The number of carbonyl (C=O) groups excluding carboxylic acids is 1. The van der Waals surface area contributed by atoms with E-state index in [2.05, 4.69) is 4.74 Å². The summed E-state index contributed by atoms with van der Waals surface area (Å²) in [5.41, 5.74) is 0. The van der Waals surface area contributed by atoms with Gasteiger partial charge in [0, 0.05) is 22.3 Å². The Bertz CT molecular complexity index is 168. The topological polar surface area (TPSA) is 43.4 Å². The van der Waals surface area contributed by atoms with Crippen LogP contribution in [-0.4, -0.2) is 28.8 Å². The lowest BCUT2D eigenvalue weighted by Crippen LogP contribution is -2.20. The van der Waals surface area contributed by atoms with Crippen LogP contribution < -0.4 is 0 Å². The molecule has 0 spiro atoms. The molecule has 2 unspecified atom stereocenters. The molecule has 0 saturated heterocycles. The molecule has 0 aliphatic carbocycles. The van der Waals surface area contributed by atoms with E-state index in [9.17, 15) is 9.00 Å². The molecule has 2 atom stereocenters. The number of methoxy groups -OCH3 is 1. The van der Waals surface area contributed by atoms with Gasteiger partial charge in [-0.1, -0.05) is 13.8 Å². The second-order valence-corrected chi connectivity index (χ2v) is 4.36. The molecule has 12 heavy (non-hydrogen) atoms. The van der Waals surface area contributed by atoms with Crippen LogP contribution >= 0.6 is 0 Å². The molecule has 0 aliphatic heterocycles. The fourth-order valence-corrected chi connectivity index (χ4v) is 2.17. The van der Waals surface area contributed by atoms with E-state index in [-0.39, 0.29) is 11.9 Å². The Morgan fingerprint density at radius 3 is 2.58 bits per heavy atom. The van der Waals surface area contributed by atoms with Crippen molar-refractivity contribution in [2.24, 2.45) is 5.92 Å². The standard InChI is InChI=1S/C8H16O3S/c1-4-5-12(10)6-7(2)8(9)11-3/h7H,4-6H2,1-3H3. The third-order valence-electron chi connectivity index (χ3n) is 1.47. The summed E-state index contributed by atoms with van der Waals surface area (Å²) in [6, 6.07) is 0. The summed E-state index contributed by atoms with van der Waals surface area (Å²) in [6.07, 6.45) is 0.889. The largest absolute Gasteiger partial charge is 0.469 e. The van der Waals surface area contributed by atoms with Gasteiger partial charge >= 0.3 is 5.97 Å². The fraction of sp³-hybridized carbons (Fsp3) is 0.875. The lowest BCUT2D eigenvalue weighted by atomic mass is 10.2. The predicted molar refractivity (Wildman–Crippen MR) is 49.3 cm³/mol. The minimum Gasteiger partial charge on any atom is -0.469 e. The van der Waals surface area contributed by atoms with Crippen LogP contribution in [0.25, 0.3) is 0 Å². The summed E-state index contributed by atoms with van der Waals surface area (Å²) >= 11 is 0. The maximum atomic E-state index is 11.2. The Hall–Kier alpha value is -0.380. The summed E-state index contributed by atoms with van der Waals surface area (Å²) in [7, 11) is 0.476. The average molecular weight is 192 g/mol. The van der Waals surface area contributed by atoms with E-state index in [0.29, 0.717) is 11.5 Å². The first-order chi connectivity index (χ1) is 5.61. The Kier molecular flexibility index (Phi) is 5.98. The lowest BCUT2D eigenvalue weighted by Gasteiger charge is -2.07. The number of carbonyl (C=O) groups is 1. The van der Waals surface area contributed by atoms with Gasteiger partial charge in [-0.2, -0.15) is 0 Å². The molecule has 0 aliphatic rings. The van der Waals surface area contributed by atoms with Gasteiger partial charge < -0.3 is 4.74 Å². The zero-order valence-corrected chi connectivity index (χ0v) is 8.65. The van der Waals surface area contributed by atoms with Crippen molar-refractivity contribution in [2.45, 2.75) is 20.3 Å². The first-order valence-corrected chi connectivity index (χ1v) is 5.53. The van der Waals surface area contributed by atoms with E-state index < -0.39 is 10.8 Å². The molecule has 0 radical (unpaired) electrons. The predicted octanol–water partition coefficient (Wildman–Crippen LogP) is 0.954. The van der Waals surface area contributed by atoms with Crippen molar-refractivity contribution in [3.63, 3.8) is 0 Å². The Balaban J connectivity index is 3.75. The molecule has 72 valence electrons. The molecule has 0 N–H and O–H groups in total. The van der Waals surface area contributed by atoms with Gasteiger partial charge in [-0.25, -0.2) is 0 Å². The van der Waals surface area contributed by atoms with Gasteiger partial charge in [-0.3, -0.25) is 9.00 Å². The van der Waals surface area contributed by atoms with Crippen LogP contribution in [0.3, 0.4) is 0 Å². The van der Waals surface area contributed by atoms with E-state index in [1.165, 1.54) is 7.11 Å². The van der Waals surface area contributed by atoms with Crippen LogP contribution in [0.2, 0.25) is 0 Å². The second kappa shape index (κ2) is 6.17. The summed E-state index contributed by atoms with van der Waals surface area (Å²) < 4.78 is 15.7. The van der Waals surface area contributed by atoms with Crippen LogP contribution in [0, 0.1) is 5.92 Å². The highest BCUT2D eigenvalue weighted by Gasteiger charge is 2.15. The molecule has 0 fully saturated rings. The number of ether oxygens (including phenoxy) is 1. The minimum atomic E-state index is -0.873. The molecular weight excluding hydrogens is 176 g/mol. The van der Waals surface area contributed by atoms with Crippen molar-refractivity contribution in [2.75, 3.05) is 18.6 Å². The highest BCUT2D eigenvalue weighted by molar-refractivity contribution is 7.85. The van der Waals surface area contributed by atoms with Crippen molar-refractivity contribution >= 4 is 16.8 Å². The quantitative estimate of drug-likeness (QED) is 0.609. The Morgan fingerprint density at radius 1 is 1.58 bits per heavy atom. The molecule has 0 saturated carbocycles. The van der Waals surface area contributed by atoms with Crippen LogP contribution in [0.1, 0.15) is 20.3 Å². The molecule has 0 aromatic rings. The molecule has 0 amide bonds. The van der Waals surface area contributed by atoms with Crippen LogP contribution in [0.15, 0.2) is 0 Å². The van der Waals surface area contributed by atoms with Crippen molar-refractivity contribution in [3.8, 4) is 0 Å². The van der Waals surface area contributed by atoms with E-state index in [1.54, 1.807) is 6.92 Å². The molecular formula is C8H16O3S. The van der Waals surface area contributed by atoms with Crippen LogP contribution in [0.5, 0.6) is 0 Å². The fourth-order valence-electron chi connectivity index (χ4n) is 0.859. The Morgan fingerprint density at radius 2 is 2.17 bits per heavy atom. The second-order valence-electron chi connectivity index (χ2n) is 2.73. The van der Waals surface area contributed by atoms with Crippen molar-refractivity contribution in [1.29, 1.82) is 0 Å². The SMILES string of the molecule is CCCS(=O)CC(C)C(=O)OC. The summed E-state index contributed by atoms with van der Waals surface area (Å²) in [6.45, 7) is 3.71. The lowest BCUT2D eigenvalue weighted by molar-refractivity contribution is -0.144. The first kappa shape index (κ1) is 11.6. The van der Waals surface area contributed by atoms with Gasteiger partial charge in [0.05, 0.1) is 13.0 Å². The molecule has 4 heteroatoms. The zero-order valence-electron chi connectivity index (χ0n) is 7.83. The highest BCUT2D eigenvalue weighted by Crippen LogP contribution is 2.01. The maximum Gasteiger partial charge on any atom is 0.309 e. The van der Waals surface area contributed by atoms with Crippen molar-refractivity contribution in [3.05, 3.63) is 0 Å². The Labute approximate surface area is 75.9 Å². The number of hydrogen-bond acceptors (Lipinski definition) is 3. The van der Waals surface area contributed by atoms with E-state index in [1.807, 2.05) is 6.92 Å². The highest BCUT2D eigenvalue weighted by atomic mass is 32.2. The van der Waals surface area contributed by atoms with E-state index in [4.69, 9.17) is 0 Å². The van der Waals surface area contributed by atoms with Gasteiger partial charge in [-0.15, -0.1) is 0 Å². The van der Waals surface area contributed by atoms with Gasteiger partial charge in [-0.05, 0) is 6.42 Å². The summed E-state index contributed by atoms with van der Waals surface area (Å²) in [5, 5.41) is 0. The van der Waals surface area contributed by atoms with Crippen LogP contribution in [-0.2, 0) is 20.3 Å². The zero-order chi connectivity index (χ0) is 9.56. The minimum absolute atomic E-state index is 0.248. The van der Waals surface area contributed by atoms with Gasteiger partial charge in [0.25, 0.3) is 0 Å². The summed E-state index contributed by atoms with van der Waals surface area (Å²) in [4.78, 5) is 10.9. The number of esters is 1. The third-order valence-corrected chi connectivity index (χ3v) is 3.21.